The Kier molecular flexibility index (Phi) is 7.03. The Hall–Kier alpha value is -2.65. The van der Waals surface area contributed by atoms with Gasteiger partial charge in [0.1, 0.15) is 11.9 Å². The predicted molar refractivity (Wildman–Crippen MR) is 122 cm³/mol. The first kappa shape index (κ1) is 21.6. The number of anilines is 1. The number of pyridine rings is 1. The average molecular weight is 427 g/mol. The zero-order valence-corrected chi connectivity index (χ0v) is 18.9. The second-order valence-electron chi connectivity index (χ2n) is 8.24. The van der Waals surface area contributed by atoms with Crippen molar-refractivity contribution >= 4 is 11.8 Å². The largest absolute Gasteiger partial charge is 0.370 e. The van der Waals surface area contributed by atoms with E-state index >= 15 is 0 Å². The van der Waals surface area contributed by atoms with E-state index < -0.39 is 0 Å². The van der Waals surface area contributed by atoms with E-state index in [0.717, 1.165) is 68.7 Å². The highest BCUT2D eigenvalue weighted by molar-refractivity contribution is 5.80. The van der Waals surface area contributed by atoms with Crippen molar-refractivity contribution in [2.24, 2.45) is 12.0 Å². The molecule has 0 saturated carbocycles. The highest BCUT2D eigenvalue weighted by Gasteiger charge is 2.25. The smallest absolute Gasteiger partial charge is 0.194 e. The Morgan fingerprint density at radius 2 is 2.00 bits per heavy atom. The van der Waals surface area contributed by atoms with Crippen molar-refractivity contribution in [1.82, 2.24) is 29.9 Å². The third-order valence-corrected chi connectivity index (χ3v) is 5.85. The van der Waals surface area contributed by atoms with Gasteiger partial charge >= 0.3 is 0 Å². The second-order valence-corrected chi connectivity index (χ2v) is 8.24. The summed E-state index contributed by atoms with van der Waals surface area (Å²) in [7, 11) is 4.10. The minimum Gasteiger partial charge on any atom is -0.370 e. The van der Waals surface area contributed by atoms with Crippen LogP contribution in [0.4, 0.5) is 5.82 Å². The molecule has 0 bridgehead atoms. The SMILES string of the molecule is CCNC(=NCc1ccc(N2CCN(C)CC2)nc1)N1CCOC(c2cnn(C)c2)C1. The lowest BCUT2D eigenvalue weighted by atomic mass is 10.1. The first-order valence-corrected chi connectivity index (χ1v) is 11.1. The molecule has 0 aromatic carbocycles. The van der Waals surface area contributed by atoms with Gasteiger partial charge in [-0.2, -0.15) is 5.10 Å². The summed E-state index contributed by atoms with van der Waals surface area (Å²) in [6.07, 6.45) is 5.87. The fourth-order valence-corrected chi connectivity index (χ4v) is 3.97. The Morgan fingerprint density at radius 1 is 1.16 bits per heavy atom. The third-order valence-electron chi connectivity index (χ3n) is 5.85. The molecule has 2 aliphatic rings. The number of piperazine rings is 1. The first-order chi connectivity index (χ1) is 15.1. The minimum absolute atomic E-state index is 0.0100. The normalized spacial score (nSPS) is 20.9. The zero-order chi connectivity index (χ0) is 21.6. The quantitative estimate of drug-likeness (QED) is 0.567. The number of guanidine groups is 1. The van der Waals surface area contributed by atoms with Crippen molar-refractivity contribution in [3.05, 3.63) is 41.9 Å². The van der Waals surface area contributed by atoms with Gasteiger partial charge in [-0.05, 0) is 25.6 Å². The summed E-state index contributed by atoms with van der Waals surface area (Å²) >= 11 is 0. The molecule has 0 radical (unpaired) electrons. The molecule has 1 atom stereocenters. The molecular weight excluding hydrogens is 392 g/mol. The molecule has 0 spiro atoms. The maximum atomic E-state index is 5.98. The average Bonchev–Trinajstić information content (AvgIpc) is 3.24. The molecule has 2 aliphatic heterocycles. The van der Waals surface area contributed by atoms with Crippen LogP contribution in [0.1, 0.15) is 24.2 Å². The van der Waals surface area contributed by atoms with Crippen LogP contribution in [0.3, 0.4) is 0 Å². The van der Waals surface area contributed by atoms with Gasteiger partial charge < -0.3 is 24.8 Å². The van der Waals surface area contributed by atoms with E-state index in [2.05, 4.69) is 51.2 Å². The van der Waals surface area contributed by atoms with Gasteiger partial charge in [-0.25, -0.2) is 9.98 Å². The van der Waals surface area contributed by atoms with Crippen LogP contribution < -0.4 is 10.2 Å². The highest BCUT2D eigenvalue weighted by Crippen LogP contribution is 2.22. The van der Waals surface area contributed by atoms with Gasteiger partial charge in [-0.1, -0.05) is 6.07 Å². The maximum Gasteiger partial charge on any atom is 0.194 e. The number of aromatic nitrogens is 3. The summed E-state index contributed by atoms with van der Waals surface area (Å²) in [4.78, 5) is 16.6. The Morgan fingerprint density at radius 3 is 2.68 bits per heavy atom. The highest BCUT2D eigenvalue weighted by atomic mass is 16.5. The van der Waals surface area contributed by atoms with Crippen molar-refractivity contribution in [1.29, 1.82) is 0 Å². The van der Waals surface area contributed by atoms with Crippen molar-refractivity contribution in [2.45, 2.75) is 19.6 Å². The summed E-state index contributed by atoms with van der Waals surface area (Å²) in [5.74, 6) is 1.98. The van der Waals surface area contributed by atoms with Gasteiger partial charge in [0.15, 0.2) is 5.96 Å². The molecule has 9 nitrogen and oxygen atoms in total. The lowest BCUT2D eigenvalue weighted by Crippen LogP contribution is -2.48. The van der Waals surface area contributed by atoms with Crippen molar-refractivity contribution in [3.63, 3.8) is 0 Å². The van der Waals surface area contributed by atoms with Gasteiger partial charge in [0, 0.05) is 64.3 Å². The van der Waals surface area contributed by atoms with Crippen LogP contribution in [0.25, 0.3) is 0 Å². The number of aliphatic imine (C=N–C) groups is 1. The van der Waals surface area contributed by atoms with Crippen LogP contribution in [-0.2, 0) is 18.3 Å². The fourth-order valence-electron chi connectivity index (χ4n) is 3.97. The lowest BCUT2D eigenvalue weighted by Gasteiger charge is -2.34. The zero-order valence-electron chi connectivity index (χ0n) is 18.9. The van der Waals surface area contributed by atoms with E-state index in [0.29, 0.717) is 13.2 Å². The van der Waals surface area contributed by atoms with E-state index in [4.69, 9.17) is 14.7 Å². The molecule has 1 unspecified atom stereocenters. The number of hydrogen-bond acceptors (Lipinski definition) is 6. The lowest BCUT2D eigenvalue weighted by molar-refractivity contribution is -0.00805. The van der Waals surface area contributed by atoms with Crippen molar-refractivity contribution < 1.29 is 4.74 Å². The standard InChI is InChI=1S/C22H34N8O/c1-4-23-22(30-11-12-31-20(17-30)19-15-26-28(3)16-19)25-14-18-5-6-21(24-13-18)29-9-7-27(2)8-10-29/h5-6,13,15-16,20H,4,7-12,14,17H2,1-3H3,(H,23,25). The van der Waals surface area contributed by atoms with Gasteiger partial charge in [0.05, 0.1) is 25.9 Å². The molecule has 1 N–H and O–H groups in total. The van der Waals surface area contributed by atoms with Gasteiger partial charge in [0.25, 0.3) is 0 Å². The molecule has 168 valence electrons. The monoisotopic (exact) mass is 426 g/mol. The molecule has 2 aromatic heterocycles. The van der Waals surface area contributed by atoms with Crippen molar-refractivity contribution in [2.75, 3.05) is 64.4 Å². The Labute approximate surface area is 184 Å². The minimum atomic E-state index is 0.0100. The number of likely N-dealkylation sites (N-methyl/N-ethyl adjacent to an activating group) is 1. The molecule has 0 aliphatic carbocycles. The van der Waals surface area contributed by atoms with Crippen LogP contribution in [-0.4, -0.2) is 90.0 Å². The number of aryl methyl sites for hydroxylation is 1. The molecule has 31 heavy (non-hydrogen) atoms. The predicted octanol–water partition coefficient (Wildman–Crippen LogP) is 1.11. The number of rotatable bonds is 5. The molecule has 0 amide bonds. The molecule has 9 heteroatoms. The summed E-state index contributed by atoms with van der Waals surface area (Å²) in [6.45, 7) is 10.0. The molecule has 2 aromatic rings. The molecule has 4 heterocycles. The van der Waals surface area contributed by atoms with Crippen LogP contribution in [0, 0.1) is 0 Å². The van der Waals surface area contributed by atoms with E-state index in [1.54, 1.807) is 0 Å². The summed E-state index contributed by atoms with van der Waals surface area (Å²) in [5, 5.41) is 7.71. The number of hydrogen-bond donors (Lipinski definition) is 1. The molecule has 2 fully saturated rings. The van der Waals surface area contributed by atoms with Crippen LogP contribution >= 0.6 is 0 Å². The third kappa shape index (κ3) is 5.54. The molecular formula is C22H34N8O. The fraction of sp³-hybridized carbons (Fsp3) is 0.591. The topological polar surface area (TPSA) is 74.1 Å². The number of nitrogens with one attached hydrogen (secondary N) is 1. The van der Waals surface area contributed by atoms with Gasteiger partial charge in [0.2, 0.25) is 0 Å². The van der Waals surface area contributed by atoms with E-state index in [-0.39, 0.29) is 6.10 Å². The number of morpholine rings is 1. The van der Waals surface area contributed by atoms with E-state index in [9.17, 15) is 0 Å². The summed E-state index contributed by atoms with van der Waals surface area (Å²) in [6, 6.07) is 4.27. The Balaban J connectivity index is 1.39. The van der Waals surface area contributed by atoms with Crippen LogP contribution in [0.5, 0.6) is 0 Å². The summed E-state index contributed by atoms with van der Waals surface area (Å²) in [5.41, 5.74) is 2.22. The molecule has 4 rings (SSSR count). The van der Waals surface area contributed by atoms with E-state index in [1.807, 2.05) is 30.3 Å². The van der Waals surface area contributed by atoms with Crippen molar-refractivity contribution in [3.8, 4) is 0 Å². The van der Waals surface area contributed by atoms with Crippen LogP contribution in [0.15, 0.2) is 35.7 Å². The van der Waals surface area contributed by atoms with Gasteiger partial charge in [-0.3, -0.25) is 4.68 Å². The van der Waals surface area contributed by atoms with E-state index in [1.165, 1.54) is 0 Å². The second kappa shape index (κ2) is 10.1. The number of ether oxygens (including phenoxy) is 1. The maximum absolute atomic E-state index is 5.98. The van der Waals surface area contributed by atoms with Crippen LogP contribution in [0.2, 0.25) is 0 Å². The Bertz CT molecular complexity index is 857. The summed E-state index contributed by atoms with van der Waals surface area (Å²) < 4.78 is 7.80. The first-order valence-electron chi connectivity index (χ1n) is 11.1. The van der Waals surface area contributed by atoms with Gasteiger partial charge in [-0.15, -0.1) is 0 Å². The number of nitrogens with zero attached hydrogens (tertiary/aromatic N) is 7. The molecule has 2 saturated heterocycles.